The summed E-state index contributed by atoms with van der Waals surface area (Å²) in [5, 5.41) is 3.02. The number of rotatable bonds is 6. The van der Waals surface area contributed by atoms with Crippen LogP contribution in [0.2, 0.25) is 0 Å². The third-order valence-electron chi connectivity index (χ3n) is 5.87. The van der Waals surface area contributed by atoms with Gasteiger partial charge < -0.3 is 5.32 Å². The summed E-state index contributed by atoms with van der Waals surface area (Å²) in [5.41, 5.74) is 1.36. The zero-order valence-corrected chi connectivity index (χ0v) is 18.6. The van der Waals surface area contributed by atoms with Gasteiger partial charge in [-0.2, -0.15) is 4.31 Å². The topological polar surface area (TPSA) is 66.5 Å². The van der Waals surface area contributed by atoms with Crippen LogP contribution in [0.3, 0.4) is 0 Å². The monoisotopic (exact) mass is 476 g/mol. The molecule has 1 saturated carbocycles. The van der Waals surface area contributed by atoms with Crippen LogP contribution in [0.25, 0.3) is 0 Å². The maximum absolute atomic E-state index is 12.9. The van der Waals surface area contributed by atoms with Crippen molar-refractivity contribution >= 4 is 31.9 Å². The Morgan fingerprint density at radius 1 is 1.03 bits per heavy atom. The largest absolute Gasteiger partial charge is 0.351 e. The van der Waals surface area contributed by atoms with Crippen molar-refractivity contribution in [2.45, 2.75) is 49.0 Å². The van der Waals surface area contributed by atoms with Gasteiger partial charge in [0.1, 0.15) is 0 Å². The molecule has 2 fully saturated rings. The van der Waals surface area contributed by atoms with Crippen molar-refractivity contribution in [3.8, 4) is 0 Å². The number of nitrogens with one attached hydrogen (secondary N) is 1. The highest BCUT2D eigenvalue weighted by atomic mass is 79.9. The number of hydrogen-bond acceptors (Lipinski definition) is 3. The molecule has 0 bridgehead atoms. The molecule has 1 aliphatic carbocycles. The molecule has 1 amide bonds. The van der Waals surface area contributed by atoms with Crippen molar-refractivity contribution < 1.29 is 13.2 Å². The fraction of sp³-hybridized carbons (Fsp3) is 0.409. The predicted octanol–water partition coefficient (Wildman–Crippen LogP) is 3.97. The van der Waals surface area contributed by atoms with Crippen molar-refractivity contribution in [2.24, 2.45) is 0 Å². The number of hydrogen-bond donors (Lipinski definition) is 1. The Labute approximate surface area is 180 Å². The molecule has 154 valence electrons. The van der Waals surface area contributed by atoms with Gasteiger partial charge in [-0.3, -0.25) is 4.79 Å². The molecule has 7 heteroatoms. The standard InChI is InChI=1S/C22H25BrN2O3S/c23-19-8-5-7-18(15-19)22(10-11-22)21(26)24-16-17-6-4-9-20(14-17)29(27,28)25-12-2-1-3-13-25/h4-9,14-15H,1-3,10-13,16H2,(H,24,26). The van der Waals surface area contributed by atoms with Gasteiger partial charge in [0.25, 0.3) is 0 Å². The number of benzene rings is 2. The molecule has 0 atom stereocenters. The van der Waals surface area contributed by atoms with E-state index < -0.39 is 15.4 Å². The fourth-order valence-electron chi connectivity index (χ4n) is 3.98. The quantitative estimate of drug-likeness (QED) is 0.685. The minimum absolute atomic E-state index is 0.000101. The number of amides is 1. The lowest BCUT2D eigenvalue weighted by atomic mass is 9.95. The normalized spacial score (nSPS) is 18.9. The van der Waals surface area contributed by atoms with E-state index in [2.05, 4.69) is 21.2 Å². The maximum atomic E-state index is 12.9. The molecule has 1 saturated heterocycles. The number of piperidine rings is 1. The van der Waals surface area contributed by atoms with E-state index in [-0.39, 0.29) is 5.91 Å². The first kappa shape index (κ1) is 20.6. The van der Waals surface area contributed by atoms with Gasteiger partial charge >= 0.3 is 0 Å². The molecule has 4 rings (SSSR count). The molecule has 0 spiro atoms. The molecule has 1 aliphatic heterocycles. The molecule has 0 unspecified atom stereocenters. The van der Waals surface area contributed by atoms with Crippen LogP contribution in [0, 0.1) is 0 Å². The van der Waals surface area contributed by atoms with Crippen molar-refractivity contribution in [2.75, 3.05) is 13.1 Å². The number of carbonyl (C=O) groups excluding carboxylic acids is 1. The Morgan fingerprint density at radius 3 is 2.45 bits per heavy atom. The van der Waals surface area contributed by atoms with Crippen LogP contribution in [0.5, 0.6) is 0 Å². The lowest BCUT2D eigenvalue weighted by molar-refractivity contribution is -0.123. The van der Waals surface area contributed by atoms with Gasteiger partial charge in [0.2, 0.25) is 15.9 Å². The SMILES string of the molecule is O=C(NCc1cccc(S(=O)(=O)N2CCCCC2)c1)C1(c2cccc(Br)c2)CC1. The van der Waals surface area contributed by atoms with Crippen molar-refractivity contribution in [1.82, 2.24) is 9.62 Å². The van der Waals surface area contributed by atoms with E-state index in [0.717, 1.165) is 47.7 Å². The van der Waals surface area contributed by atoms with Gasteiger partial charge in [0.05, 0.1) is 10.3 Å². The third-order valence-corrected chi connectivity index (χ3v) is 8.25. The van der Waals surface area contributed by atoms with E-state index in [4.69, 9.17) is 0 Å². The van der Waals surface area contributed by atoms with Crippen LogP contribution >= 0.6 is 15.9 Å². The molecular formula is C22H25BrN2O3S. The van der Waals surface area contributed by atoms with E-state index in [9.17, 15) is 13.2 Å². The first-order valence-electron chi connectivity index (χ1n) is 10.1. The van der Waals surface area contributed by atoms with Gasteiger partial charge in [-0.1, -0.05) is 46.6 Å². The first-order valence-corrected chi connectivity index (χ1v) is 12.3. The van der Waals surface area contributed by atoms with Crippen molar-refractivity contribution in [3.63, 3.8) is 0 Å². The van der Waals surface area contributed by atoms with Gasteiger partial charge in [-0.25, -0.2) is 8.42 Å². The summed E-state index contributed by atoms with van der Waals surface area (Å²) < 4.78 is 28.3. The molecule has 5 nitrogen and oxygen atoms in total. The van der Waals surface area contributed by atoms with E-state index in [1.807, 2.05) is 30.3 Å². The minimum Gasteiger partial charge on any atom is -0.351 e. The molecule has 0 aromatic heterocycles. The molecule has 0 radical (unpaired) electrons. The second kappa shape index (κ2) is 8.20. The van der Waals surface area contributed by atoms with E-state index in [1.54, 1.807) is 22.5 Å². The third kappa shape index (κ3) is 4.27. The maximum Gasteiger partial charge on any atom is 0.243 e. The summed E-state index contributed by atoms with van der Waals surface area (Å²) in [7, 11) is -3.47. The van der Waals surface area contributed by atoms with Crippen molar-refractivity contribution in [3.05, 3.63) is 64.1 Å². The molecule has 2 aromatic rings. The number of sulfonamides is 1. The minimum atomic E-state index is -3.47. The van der Waals surface area contributed by atoms with Gasteiger partial charge in [-0.15, -0.1) is 0 Å². The van der Waals surface area contributed by atoms with Gasteiger partial charge in [-0.05, 0) is 61.1 Å². The Balaban J connectivity index is 1.45. The predicted molar refractivity (Wildman–Crippen MR) is 116 cm³/mol. The number of carbonyl (C=O) groups is 1. The summed E-state index contributed by atoms with van der Waals surface area (Å²) >= 11 is 3.47. The average molecular weight is 477 g/mol. The second-order valence-corrected chi connectivity index (χ2v) is 10.7. The lowest BCUT2D eigenvalue weighted by Crippen LogP contribution is -2.36. The Hall–Kier alpha value is -1.70. The zero-order valence-electron chi connectivity index (χ0n) is 16.2. The molecule has 2 aromatic carbocycles. The summed E-state index contributed by atoms with van der Waals surface area (Å²) in [5.74, 6) is -0.000101. The number of nitrogens with zero attached hydrogens (tertiary/aromatic N) is 1. The van der Waals surface area contributed by atoms with Gasteiger partial charge in [0.15, 0.2) is 0 Å². The van der Waals surface area contributed by atoms with E-state index >= 15 is 0 Å². The Bertz CT molecular complexity index is 1010. The van der Waals surface area contributed by atoms with Crippen LogP contribution in [-0.2, 0) is 26.8 Å². The molecule has 29 heavy (non-hydrogen) atoms. The highest BCUT2D eigenvalue weighted by molar-refractivity contribution is 9.10. The first-order chi connectivity index (χ1) is 13.9. The molecule has 1 N–H and O–H groups in total. The summed E-state index contributed by atoms with van der Waals surface area (Å²) in [6.07, 6.45) is 4.56. The highest BCUT2D eigenvalue weighted by Gasteiger charge is 2.51. The second-order valence-electron chi connectivity index (χ2n) is 7.89. The lowest BCUT2D eigenvalue weighted by Gasteiger charge is -2.26. The van der Waals surface area contributed by atoms with E-state index in [1.165, 1.54) is 0 Å². The Morgan fingerprint density at radius 2 is 1.76 bits per heavy atom. The average Bonchev–Trinajstić information content (AvgIpc) is 3.55. The smallest absolute Gasteiger partial charge is 0.243 e. The molecule has 1 heterocycles. The summed E-state index contributed by atoms with van der Waals surface area (Å²) in [4.78, 5) is 13.2. The van der Waals surface area contributed by atoms with Crippen LogP contribution in [0.4, 0.5) is 0 Å². The van der Waals surface area contributed by atoms with Gasteiger partial charge in [0, 0.05) is 24.1 Å². The highest BCUT2D eigenvalue weighted by Crippen LogP contribution is 2.48. The summed E-state index contributed by atoms with van der Waals surface area (Å²) in [6.45, 7) is 1.48. The van der Waals surface area contributed by atoms with Crippen LogP contribution in [-0.4, -0.2) is 31.7 Å². The van der Waals surface area contributed by atoms with Crippen LogP contribution in [0.15, 0.2) is 57.9 Å². The van der Waals surface area contributed by atoms with E-state index in [0.29, 0.717) is 24.5 Å². The van der Waals surface area contributed by atoms with Crippen LogP contribution in [0.1, 0.15) is 43.2 Å². The summed E-state index contributed by atoms with van der Waals surface area (Å²) in [6, 6.07) is 14.8. The van der Waals surface area contributed by atoms with Crippen LogP contribution < -0.4 is 5.32 Å². The molecule has 2 aliphatic rings. The fourth-order valence-corrected chi connectivity index (χ4v) is 5.97. The Kier molecular flexibility index (Phi) is 5.82. The van der Waals surface area contributed by atoms with Crippen molar-refractivity contribution in [1.29, 1.82) is 0 Å². The molecular weight excluding hydrogens is 452 g/mol. The zero-order chi connectivity index (χ0) is 20.5. The number of halogens is 1.